The summed E-state index contributed by atoms with van der Waals surface area (Å²) in [6, 6.07) is 20.5. The number of carbonyl (C=O) groups excluding carboxylic acids is 2. The largest absolute Gasteiger partial charge is 0.351 e. The van der Waals surface area contributed by atoms with Crippen molar-refractivity contribution in [2.75, 3.05) is 6.54 Å². The topological polar surface area (TPSA) is 54.3 Å². The average molecular weight is 444 g/mol. The number of rotatable bonds is 5. The van der Waals surface area contributed by atoms with Gasteiger partial charge in [0.1, 0.15) is 11.2 Å². The van der Waals surface area contributed by atoms with E-state index in [9.17, 15) is 9.59 Å². The Labute approximate surface area is 195 Å². The maximum absolute atomic E-state index is 13.9. The van der Waals surface area contributed by atoms with Gasteiger partial charge in [0.15, 0.2) is 0 Å². The Morgan fingerprint density at radius 3 is 2.52 bits per heavy atom. The van der Waals surface area contributed by atoms with Crippen LogP contribution in [0.3, 0.4) is 0 Å². The van der Waals surface area contributed by atoms with Crippen molar-refractivity contribution in [3.8, 4) is 0 Å². The molecule has 1 saturated carbocycles. The van der Waals surface area contributed by atoms with E-state index in [1.54, 1.807) is 0 Å². The molecule has 2 aliphatic rings. The molecule has 172 valence electrons. The highest BCUT2D eigenvalue weighted by Crippen LogP contribution is 2.34. The van der Waals surface area contributed by atoms with Crippen molar-refractivity contribution in [3.05, 3.63) is 71.9 Å². The van der Waals surface area contributed by atoms with Gasteiger partial charge >= 0.3 is 0 Å². The molecule has 1 N–H and O–H groups in total. The lowest BCUT2D eigenvalue weighted by Gasteiger charge is -2.45. The van der Waals surface area contributed by atoms with Crippen LogP contribution in [0.2, 0.25) is 0 Å². The lowest BCUT2D eigenvalue weighted by atomic mass is 9.89. The molecule has 0 saturated heterocycles. The number of hydrogen-bond acceptors (Lipinski definition) is 2. The van der Waals surface area contributed by atoms with Crippen molar-refractivity contribution in [2.45, 2.75) is 70.0 Å². The van der Waals surface area contributed by atoms with E-state index in [1.807, 2.05) is 64.9 Å². The monoisotopic (exact) mass is 443 g/mol. The molecular weight excluding hydrogens is 410 g/mol. The summed E-state index contributed by atoms with van der Waals surface area (Å²) in [6.45, 7) is 5.03. The Morgan fingerprint density at radius 1 is 1.06 bits per heavy atom. The van der Waals surface area contributed by atoms with Crippen molar-refractivity contribution in [3.63, 3.8) is 0 Å². The summed E-state index contributed by atoms with van der Waals surface area (Å²) in [5.41, 5.74) is 1.89. The van der Waals surface area contributed by atoms with Gasteiger partial charge in [-0.2, -0.15) is 0 Å². The second kappa shape index (κ2) is 8.69. The van der Waals surface area contributed by atoms with Crippen molar-refractivity contribution in [1.29, 1.82) is 0 Å². The number of para-hydroxylation sites is 1. The molecule has 0 spiro atoms. The maximum atomic E-state index is 13.9. The third-order valence-electron chi connectivity index (χ3n) is 7.59. The van der Waals surface area contributed by atoms with Crippen LogP contribution in [0.15, 0.2) is 60.7 Å². The van der Waals surface area contributed by atoms with Gasteiger partial charge < -0.3 is 14.8 Å². The van der Waals surface area contributed by atoms with E-state index in [2.05, 4.69) is 24.4 Å². The fourth-order valence-corrected chi connectivity index (χ4v) is 5.54. The Balaban J connectivity index is 1.52. The first-order valence-corrected chi connectivity index (χ1v) is 12.2. The van der Waals surface area contributed by atoms with Crippen LogP contribution in [-0.2, 0) is 11.3 Å². The number of aromatic nitrogens is 1. The van der Waals surface area contributed by atoms with Crippen molar-refractivity contribution in [2.24, 2.45) is 0 Å². The van der Waals surface area contributed by atoms with E-state index in [4.69, 9.17) is 0 Å². The molecule has 5 heteroatoms. The Bertz CT molecular complexity index is 1160. The molecule has 2 atom stereocenters. The van der Waals surface area contributed by atoms with Gasteiger partial charge in [0.2, 0.25) is 5.91 Å². The van der Waals surface area contributed by atoms with Gasteiger partial charge in [0, 0.05) is 23.5 Å². The lowest BCUT2D eigenvalue weighted by Crippen LogP contribution is -2.65. The summed E-state index contributed by atoms with van der Waals surface area (Å²) >= 11 is 0. The molecule has 2 amide bonds. The second-order valence-electron chi connectivity index (χ2n) is 9.98. The van der Waals surface area contributed by atoms with E-state index in [1.165, 1.54) is 12.0 Å². The zero-order chi connectivity index (χ0) is 23.0. The molecule has 5 nitrogen and oxygen atoms in total. The van der Waals surface area contributed by atoms with Gasteiger partial charge in [-0.15, -0.1) is 0 Å². The minimum Gasteiger partial charge on any atom is -0.351 e. The lowest BCUT2D eigenvalue weighted by molar-refractivity contribution is -0.133. The standard InChI is InChI=1S/C28H33N3O2/c1-20(21-11-5-3-6-12-21)18-31-26(32)25-17-22-13-9-10-16-24(22)30(25)19-28(31,2)27(33)29-23-14-7-4-8-15-23/h3,5-6,9-13,16-17,20,23H,4,7-8,14-15,18-19H2,1-2H3,(H,29,33)/t20-,28-/m1/s1. The van der Waals surface area contributed by atoms with Crippen molar-refractivity contribution in [1.82, 2.24) is 14.8 Å². The fourth-order valence-electron chi connectivity index (χ4n) is 5.54. The van der Waals surface area contributed by atoms with Gasteiger partial charge in [-0.1, -0.05) is 74.7 Å². The van der Waals surface area contributed by atoms with E-state index >= 15 is 0 Å². The number of nitrogens with zero attached hydrogens (tertiary/aromatic N) is 2. The molecule has 0 bridgehead atoms. The van der Waals surface area contributed by atoms with Gasteiger partial charge in [-0.05, 0) is 43.4 Å². The first-order valence-electron chi connectivity index (χ1n) is 12.2. The molecule has 3 aromatic rings. The van der Waals surface area contributed by atoms with E-state index in [-0.39, 0.29) is 23.8 Å². The van der Waals surface area contributed by atoms with Crippen LogP contribution >= 0.6 is 0 Å². The number of hydrogen-bond donors (Lipinski definition) is 1. The van der Waals surface area contributed by atoms with Gasteiger partial charge in [0.25, 0.3) is 5.91 Å². The minimum absolute atomic E-state index is 0.0357. The zero-order valence-corrected chi connectivity index (χ0v) is 19.6. The van der Waals surface area contributed by atoms with Gasteiger partial charge in [-0.3, -0.25) is 9.59 Å². The second-order valence-corrected chi connectivity index (χ2v) is 9.98. The molecule has 1 aliphatic carbocycles. The highest BCUT2D eigenvalue weighted by atomic mass is 16.2. The molecule has 2 aromatic carbocycles. The fraction of sp³-hybridized carbons (Fsp3) is 0.429. The molecule has 33 heavy (non-hydrogen) atoms. The third kappa shape index (κ3) is 3.94. The molecular formula is C28H33N3O2. The quantitative estimate of drug-likeness (QED) is 0.596. The van der Waals surface area contributed by atoms with Crippen LogP contribution in [0.25, 0.3) is 10.9 Å². The highest BCUT2D eigenvalue weighted by Gasteiger charge is 2.48. The van der Waals surface area contributed by atoms with Crippen LogP contribution in [0.1, 0.15) is 67.9 Å². The summed E-state index contributed by atoms with van der Waals surface area (Å²) in [5, 5.41) is 4.35. The minimum atomic E-state index is -0.952. The van der Waals surface area contributed by atoms with Crippen LogP contribution in [0, 0.1) is 0 Å². The van der Waals surface area contributed by atoms with E-state index < -0.39 is 5.54 Å². The smallest absolute Gasteiger partial charge is 0.271 e. The molecule has 1 aliphatic heterocycles. The van der Waals surface area contributed by atoms with Gasteiger partial charge in [0.05, 0.1) is 6.54 Å². The van der Waals surface area contributed by atoms with Gasteiger partial charge in [-0.25, -0.2) is 0 Å². The maximum Gasteiger partial charge on any atom is 0.271 e. The van der Waals surface area contributed by atoms with Crippen molar-refractivity contribution < 1.29 is 9.59 Å². The van der Waals surface area contributed by atoms with E-state index in [0.29, 0.717) is 18.8 Å². The normalized spacial score (nSPS) is 22.2. The van der Waals surface area contributed by atoms with Crippen LogP contribution in [0.4, 0.5) is 0 Å². The predicted molar refractivity (Wildman–Crippen MR) is 131 cm³/mol. The summed E-state index contributed by atoms with van der Waals surface area (Å²) in [6.07, 6.45) is 5.59. The number of carbonyl (C=O) groups is 2. The number of amides is 2. The summed E-state index contributed by atoms with van der Waals surface area (Å²) in [5.74, 6) is 0.0147. The van der Waals surface area contributed by atoms with Crippen molar-refractivity contribution >= 4 is 22.7 Å². The SMILES string of the molecule is C[C@H](CN1C(=O)c2cc3ccccc3n2C[C@]1(C)C(=O)NC1CCCCC1)c1ccccc1. The number of fused-ring (bicyclic) bond motifs is 3. The molecule has 1 fully saturated rings. The number of benzene rings is 2. The van der Waals surface area contributed by atoms with E-state index in [0.717, 1.165) is 36.6 Å². The Hall–Kier alpha value is -3.08. The average Bonchev–Trinajstić information content (AvgIpc) is 3.21. The molecule has 0 unspecified atom stereocenters. The molecule has 2 heterocycles. The number of nitrogens with one attached hydrogen (secondary N) is 1. The Kier molecular flexibility index (Phi) is 5.73. The predicted octanol–water partition coefficient (Wildman–Crippen LogP) is 5.11. The molecule has 0 radical (unpaired) electrons. The first kappa shape index (κ1) is 21.7. The van der Waals surface area contributed by atoms with Crippen LogP contribution in [0.5, 0.6) is 0 Å². The summed E-state index contributed by atoms with van der Waals surface area (Å²) < 4.78 is 2.04. The Morgan fingerprint density at radius 2 is 1.76 bits per heavy atom. The summed E-state index contributed by atoms with van der Waals surface area (Å²) in [7, 11) is 0. The zero-order valence-electron chi connectivity index (χ0n) is 19.6. The molecule has 1 aromatic heterocycles. The van der Waals surface area contributed by atoms with Crippen LogP contribution < -0.4 is 5.32 Å². The third-order valence-corrected chi connectivity index (χ3v) is 7.59. The first-order chi connectivity index (χ1) is 16.0. The highest BCUT2D eigenvalue weighted by molar-refractivity contribution is 6.03. The summed E-state index contributed by atoms with van der Waals surface area (Å²) in [4.78, 5) is 29.5. The van der Waals surface area contributed by atoms with Crippen LogP contribution in [-0.4, -0.2) is 39.4 Å². The molecule has 5 rings (SSSR count).